The van der Waals surface area contributed by atoms with Crippen molar-refractivity contribution < 1.29 is 8.42 Å². The van der Waals surface area contributed by atoms with Crippen molar-refractivity contribution in [1.82, 2.24) is 0 Å². The number of hydrogen-bond acceptors (Lipinski definition) is 3. The molecular weight excluding hydrogens is 247 g/mol. The predicted molar refractivity (Wildman–Crippen MR) is 52.6 cm³/mol. The van der Waals surface area contributed by atoms with Crippen LogP contribution in [0.1, 0.15) is 5.56 Å². The van der Waals surface area contributed by atoms with Gasteiger partial charge in [-0.15, -0.1) is 0 Å². The number of hydrogen-bond donors (Lipinski definition) is 1. The molecule has 0 amide bonds. The normalized spacial score (nSPS) is 11.0. The second-order valence-corrected chi connectivity index (χ2v) is 4.76. The summed E-state index contributed by atoms with van der Waals surface area (Å²) in [5.74, 6) is 0. The van der Waals surface area contributed by atoms with E-state index in [-0.39, 0.29) is 15.6 Å². The van der Waals surface area contributed by atoms with Gasteiger partial charge in [-0.05, 0) is 12.1 Å². The van der Waals surface area contributed by atoms with Crippen LogP contribution in [0.5, 0.6) is 0 Å². The van der Waals surface area contributed by atoms with Gasteiger partial charge in [0.25, 0.3) is 0 Å². The van der Waals surface area contributed by atoms with Crippen LogP contribution in [0, 0.1) is 11.3 Å². The van der Waals surface area contributed by atoms with Crippen LogP contribution in [0.15, 0.2) is 17.0 Å². The van der Waals surface area contributed by atoms with Gasteiger partial charge in [0, 0.05) is 5.02 Å². The van der Waals surface area contributed by atoms with E-state index in [9.17, 15) is 8.42 Å². The van der Waals surface area contributed by atoms with Crippen LogP contribution in [0.2, 0.25) is 10.0 Å². The third-order valence-electron chi connectivity index (χ3n) is 1.41. The first-order chi connectivity index (χ1) is 6.36. The molecule has 0 heterocycles. The van der Waals surface area contributed by atoms with E-state index in [4.69, 9.17) is 33.6 Å². The number of nitrogens with two attached hydrogens (primary N) is 1. The van der Waals surface area contributed by atoms with Crippen molar-refractivity contribution >= 4 is 33.2 Å². The van der Waals surface area contributed by atoms with E-state index in [1.165, 1.54) is 12.1 Å². The van der Waals surface area contributed by atoms with Crippen molar-refractivity contribution in [2.75, 3.05) is 0 Å². The molecule has 0 saturated carbocycles. The van der Waals surface area contributed by atoms with Crippen LogP contribution in [0.4, 0.5) is 0 Å². The van der Waals surface area contributed by atoms with E-state index in [2.05, 4.69) is 0 Å². The maximum Gasteiger partial charge on any atom is 0.240 e. The van der Waals surface area contributed by atoms with Crippen LogP contribution >= 0.6 is 23.2 Å². The summed E-state index contributed by atoms with van der Waals surface area (Å²) in [5, 5.41) is 13.5. The lowest BCUT2D eigenvalue weighted by Crippen LogP contribution is -2.14. The maximum atomic E-state index is 11.0. The molecule has 4 nitrogen and oxygen atoms in total. The smallest absolute Gasteiger partial charge is 0.225 e. The molecule has 0 radical (unpaired) electrons. The van der Waals surface area contributed by atoms with Crippen molar-refractivity contribution in [2.45, 2.75) is 4.90 Å². The second-order valence-electron chi connectivity index (χ2n) is 2.42. The van der Waals surface area contributed by atoms with Gasteiger partial charge in [-0.2, -0.15) is 5.26 Å². The van der Waals surface area contributed by atoms with E-state index < -0.39 is 14.9 Å². The minimum atomic E-state index is -4.01. The first-order valence-corrected chi connectivity index (χ1v) is 5.58. The number of nitrogens with zero attached hydrogens (tertiary/aromatic N) is 1. The minimum absolute atomic E-state index is 0.156. The SMILES string of the molecule is N#Cc1cc(Cl)cc(Cl)c1S(N)(=O)=O. The van der Waals surface area contributed by atoms with Gasteiger partial charge in [-0.25, -0.2) is 13.6 Å². The van der Waals surface area contributed by atoms with Gasteiger partial charge in [-0.1, -0.05) is 23.2 Å². The topological polar surface area (TPSA) is 83.9 Å². The molecule has 0 aliphatic heterocycles. The summed E-state index contributed by atoms with van der Waals surface area (Å²) in [7, 11) is -4.01. The average molecular weight is 251 g/mol. The van der Waals surface area contributed by atoms with Gasteiger partial charge in [0.05, 0.1) is 10.6 Å². The Kier molecular flexibility index (Phi) is 3.02. The first-order valence-electron chi connectivity index (χ1n) is 3.28. The molecule has 0 spiro atoms. The van der Waals surface area contributed by atoms with E-state index in [1.807, 2.05) is 0 Å². The van der Waals surface area contributed by atoms with Gasteiger partial charge >= 0.3 is 0 Å². The molecule has 1 rings (SSSR count). The zero-order valence-electron chi connectivity index (χ0n) is 6.66. The lowest BCUT2D eigenvalue weighted by Gasteiger charge is -2.03. The molecule has 2 N–H and O–H groups in total. The Bertz CT molecular complexity index is 519. The molecule has 0 saturated heterocycles. The second kappa shape index (κ2) is 3.75. The molecule has 1 aromatic carbocycles. The molecule has 0 aromatic heterocycles. The van der Waals surface area contributed by atoms with Gasteiger partial charge in [0.2, 0.25) is 10.0 Å². The van der Waals surface area contributed by atoms with Gasteiger partial charge < -0.3 is 0 Å². The Morgan fingerprint density at radius 1 is 1.36 bits per heavy atom. The van der Waals surface area contributed by atoms with E-state index >= 15 is 0 Å². The highest BCUT2D eigenvalue weighted by Gasteiger charge is 2.19. The fraction of sp³-hybridized carbons (Fsp3) is 0. The number of benzene rings is 1. The Morgan fingerprint density at radius 2 is 1.93 bits per heavy atom. The van der Waals surface area contributed by atoms with Gasteiger partial charge in [0.1, 0.15) is 11.0 Å². The molecule has 0 bridgehead atoms. The lowest BCUT2D eigenvalue weighted by atomic mass is 10.2. The Morgan fingerprint density at radius 3 is 2.36 bits per heavy atom. The highest BCUT2D eigenvalue weighted by Crippen LogP contribution is 2.27. The highest BCUT2D eigenvalue weighted by atomic mass is 35.5. The summed E-state index contributed by atoms with van der Waals surface area (Å²) in [5.41, 5.74) is -0.162. The minimum Gasteiger partial charge on any atom is -0.225 e. The van der Waals surface area contributed by atoms with Crippen molar-refractivity contribution in [1.29, 1.82) is 5.26 Å². The molecular formula is C7H4Cl2N2O2S. The summed E-state index contributed by atoms with van der Waals surface area (Å²) in [6.07, 6.45) is 0. The van der Waals surface area contributed by atoms with Crippen LogP contribution in [0.25, 0.3) is 0 Å². The van der Waals surface area contributed by atoms with Crippen molar-refractivity contribution in [2.24, 2.45) is 5.14 Å². The van der Waals surface area contributed by atoms with Crippen molar-refractivity contribution in [3.63, 3.8) is 0 Å². The summed E-state index contributed by atoms with van der Waals surface area (Å²) in [6, 6.07) is 4.06. The summed E-state index contributed by atoms with van der Waals surface area (Å²) in [6.45, 7) is 0. The first kappa shape index (κ1) is 11.3. The largest absolute Gasteiger partial charge is 0.240 e. The molecule has 7 heteroatoms. The third-order valence-corrected chi connectivity index (χ3v) is 3.05. The quantitative estimate of drug-likeness (QED) is 0.820. The molecule has 74 valence electrons. The monoisotopic (exact) mass is 250 g/mol. The van der Waals surface area contributed by atoms with Crippen LogP contribution in [-0.2, 0) is 10.0 Å². The van der Waals surface area contributed by atoms with E-state index in [0.29, 0.717) is 0 Å². The van der Waals surface area contributed by atoms with Crippen LogP contribution < -0.4 is 5.14 Å². The standard InChI is InChI=1S/C7H4Cl2N2O2S/c8-5-1-4(3-10)7(6(9)2-5)14(11,12)13/h1-2H,(H2,11,12,13). The van der Waals surface area contributed by atoms with Gasteiger partial charge in [0.15, 0.2) is 0 Å². The number of sulfonamides is 1. The number of halogens is 2. The maximum absolute atomic E-state index is 11.0. The Labute approximate surface area is 90.9 Å². The zero-order chi connectivity index (χ0) is 10.9. The van der Waals surface area contributed by atoms with Crippen LogP contribution in [-0.4, -0.2) is 8.42 Å². The van der Waals surface area contributed by atoms with E-state index in [0.717, 1.165) is 0 Å². The molecule has 0 unspecified atom stereocenters. The number of rotatable bonds is 1. The summed E-state index contributed by atoms with van der Waals surface area (Å²) in [4.78, 5) is -0.397. The Hall–Kier alpha value is -0.800. The number of primary sulfonamides is 1. The molecule has 14 heavy (non-hydrogen) atoms. The van der Waals surface area contributed by atoms with Crippen molar-refractivity contribution in [3.8, 4) is 6.07 Å². The van der Waals surface area contributed by atoms with Crippen LogP contribution in [0.3, 0.4) is 0 Å². The third kappa shape index (κ3) is 2.16. The zero-order valence-corrected chi connectivity index (χ0v) is 8.99. The van der Waals surface area contributed by atoms with Gasteiger partial charge in [-0.3, -0.25) is 0 Å². The highest BCUT2D eigenvalue weighted by molar-refractivity contribution is 7.89. The number of nitriles is 1. The fourth-order valence-electron chi connectivity index (χ4n) is 0.933. The average Bonchev–Trinajstić information content (AvgIpc) is 1.99. The molecule has 0 aliphatic carbocycles. The lowest BCUT2D eigenvalue weighted by molar-refractivity contribution is 0.597. The fourth-order valence-corrected chi connectivity index (χ4v) is 2.49. The molecule has 0 fully saturated rings. The van der Waals surface area contributed by atoms with Crippen molar-refractivity contribution in [3.05, 3.63) is 27.7 Å². The van der Waals surface area contributed by atoms with E-state index in [1.54, 1.807) is 6.07 Å². The molecule has 1 aromatic rings. The molecule has 0 atom stereocenters. The molecule has 0 aliphatic rings. The summed E-state index contributed by atoms with van der Waals surface area (Å²) < 4.78 is 22.1. The summed E-state index contributed by atoms with van der Waals surface area (Å²) >= 11 is 11.2. The predicted octanol–water partition coefficient (Wildman–Crippen LogP) is 1.51. The Balaban J connectivity index is 3.68.